The molecule has 0 spiro atoms. The van der Waals surface area contributed by atoms with Gasteiger partial charge in [-0.2, -0.15) is 0 Å². The van der Waals surface area contributed by atoms with E-state index in [-0.39, 0.29) is 19.4 Å². The predicted octanol–water partition coefficient (Wildman–Crippen LogP) is -1.36. The summed E-state index contributed by atoms with van der Waals surface area (Å²) in [6, 6.07) is 8.27. The summed E-state index contributed by atoms with van der Waals surface area (Å²) in [6.45, 7) is 0.977. The number of benzene rings is 1. The summed E-state index contributed by atoms with van der Waals surface area (Å²) in [6.07, 6.45) is -7.90. The van der Waals surface area contributed by atoms with Crippen LogP contribution in [0.5, 0.6) is 0 Å². The van der Waals surface area contributed by atoms with E-state index in [1.54, 1.807) is 37.3 Å². The van der Waals surface area contributed by atoms with Crippen LogP contribution in [0.3, 0.4) is 0 Å². The number of carbonyl (C=O) groups is 1. The summed E-state index contributed by atoms with van der Waals surface area (Å²) < 4.78 is 29.1. The van der Waals surface area contributed by atoms with Gasteiger partial charge in [0.2, 0.25) is 0 Å². The molecule has 0 amide bonds. The van der Waals surface area contributed by atoms with Crippen LogP contribution >= 0.6 is 0 Å². The van der Waals surface area contributed by atoms with Gasteiger partial charge in [-0.25, -0.2) is 4.79 Å². The fraction of sp³-hybridized carbons (Fsp3) is 0.696. The van der Waals surface area contributed by atoms with Crippen molar-refractivity contribution in [2.75, 3.05) is 13.2 Å². The summed E-state index contributed by atoms with van der Waals surface area (Å²) in [7, 11) is 0. The average Bonchev–Trinajstić information content (AvgIpc) is 3.00. The highest BCUT2D eigenvalue weighted by atomic mass is 16.8. The smallest absolute Gasteiger partial charge is 0.338 e. The quantitative estimate of drug-likeness (QED) is 0.306. The van der Waals surface area contributed by atoms with Gasteiger partial charge in [0.25, 0.3) is 0 Å². The lowest BCUT2D eigenvalue weighted by Crippen LogP contribution is -2.80. The van der Waals surface area contributed by atoms with Gasteiger partial charge in [-0.15, -0.1) is 0 Å². The molecule has 3 saturated carbocycles. The molecule has 7 aliphatic rings. The van der Waals surface area contributed by atoms with E-state index < -0.39 is 77.9 Å². The van der Waals surface area contributed by atoms with Crippen molar-refractivity contribution in [2.45, 2.75) is 73.8 Å². The Hall–Kier alpha value is -1.67. The van der Waals surface area contributed by atoms with Crippen molar-refractivity contribution < 1.29 is 54.0 Å². The lowest BCUT2D eigenvalue weighted by atomic mass is 9.41. The molecule has 0 aromatic heterocycles. The number of aliphatic hydroxyl groups excluding tert-OH is 4. The molecule has 11 heteroatoms. The van der Waals surface area contributed by atoms with E-state index in [9.17, 15) is 30.3 Å². The summed E-state index contributed by atoms with van der Waals surface area (Å²) in [4.78, 5) is 12.3. The molecule has 4 saturated heterocycles. The summed E-state index contributed by atoms with van der Waals surface area (Å²) in [5.74, 6) is -2.49. The minimum Gasteiger partial charge on any atom is -0.459 e. The second kappa shape index (κ2) is 7.19. The largest absolute Gasteiger partial charge is 0.459 e. The molecular weight excluding hydrogens is 452 g/mol. The fourth-order valence-electron chi connectivity index (χ4n) is 6.86. The number of esters is 1. The Kier molecular flexibility index (Phi) is 4.81. The Morgan fingerprint density at radius 3 is 2.56 bits per heavy atom. The fourth-order valence-corrected chi connectivity index (χ4v) is 6.86. The van der Waals surface area contributed by atoms with E-state index in [4.69, 9.17) is 23.7 Å². The van der Waals surface area contributed by atoms with Crippen LogP contribution in [0.2, 0.25) is 0 Å². The zero-order valence-corrected chi connectivity index (χ0v) is 18.4. The van der Waals surface area contributed by atoms with Crippen molar-refractivity contribution in [3.8, 4) is 0 Å². The summed E-state index contributed by atoms with van der Waals surface area (Å²) in [5, 5.41) is 52.9. The molecule has 6 bridgehead atoms. The van der Waals surface area contributed by atoms with Gasteiger partial charge < -0.3 is 49.2 Å². The van der Waals surface area contributed by atoms with Gasteiger partial charge in [-0.3, -0.25) is 0 Å². The SMILES string of the molecule is C[C@@]12C[C@@]3(O)O[C@@H](O1)[C@]1(CO)[C@H]3C[C@@]12O[C@@H]1O[C@H](COC(=O)c2ccccc2)[C@@H](O)[C@H](O)[C@H]1O. The van der Waals surface area contributed by atoms with Crippen LogP contribution in [-0.2, 0) is 23.7 Å². The highest BCUT2D eigenvalue weighted by molar-refractivity contribution is 5.89. The first-order valence-electron chi connectivity index (χ1n) is 11.4. The van der Waals surface area contributed by atoms with E-state index in [0.717, 1.165) is 0 Å². The highest BCUT2D eigenvalue weighted by Crippen LogP contribution is 2.81. The molecule has 186 valence electrons. The van der Waals surface area contributed by atoms with Crippen LogP contribution in [-0.4, -0.2) is 98.7 Å². The monoisotopic (exact) mass is 480 g/mol. The van der Waals surface area contributed by atoms with E-state index in [1.165, 1.54) is 0 Å². The lowest BCUT2D eigenvalue weighted by molar-refractivity contribution is -0.424. The van der Waals surface area contributed by atoms with Crippen molar-refractivity contribution in [3.05, 3.63) is 35.9 Å². The van der Waals surface area contributed by atoms with E-state index >= 15 is 0 Å². The third-order valence-electron chi connectivity index (χ3n) is 8.59. The number of rotatable bonds is 6. The van der Waals surface area contributed by atoms with Gasteiger partial charge in [-0.1, -0.05) is 18.2 Å². The third-order valence-corrected chi connectivity index (χ3v) is 8.59. The second-order valence-corrected chi connectivity index (χ2v) is 10.2. The maximum atomic E-state index is 12.3. The van der Waals surface area contributed by atoms with Gasteiger partial charge in [0, 0.05) is 12.3 Å². The third kappa shape index (κ3) is 2.59. The Morgan fingerprint density at radius 1 is 1.12 bits per heavy atom. The van der Waals surface area contributed by atoms with Crippen molar-refractivity contribution in [1.82, 2.24) is 0 Å². The van der Waals surface area contributed by atoms with Crippen LogP contribution in [0, 0.1) is 11.3 Å². The number of hydrogen-bond acceptors (Lipinski definition) is 11. The van der Waals surface area contributed by atoms with Gasteiger partial charge in [0.15, 0.2) is 18.4 Å². The Balaban J connectivity index is 1.22. The Morgan fingerprint density at radius 2 is 1.85 bits per heavy atom. The molecule has 0 unspecified atom stereocenters. The topological polar surface area (TPSA) is 164 Å². The normalized spacial score (nSPS) is 52.5. The van der Waals surface area contributed by atoms with Crippen molar-refractivity contribution in [1.29, 1.82) is 0 Å². The number of aliphatic hydroxyl groups is 5. The van der Waals surface area contributed by atoms with Gasteiger partial charge in [-0.05, 0) is 25.5 Å². The number of carbonyl (C=O) groups excluding carboxylic acids is 1. The van der Waals surface area contributed by atoms with Crippen molar-refractivity contribution in [2.24, 2.45) is 11.3 Å². The van der Waals surface area contributed by atoms with Gasteiger partial charge >= 0.3 is 5.97 Å². The van der Waals surface area contributed by atoms with Gasteiger partial charge in [0.1, 0.15) is 42.2 Å². The molecular formula is C23H28O11. The first-order chi connectivity index (χ1) is 16.1. The number of hydrogen-bond donors (Lipinski definition) is 5. The summed E-state index contributed by atoms with van der Waals surface area (Å²) in [5.41, 5.74) is -2.95. The molecule has 0 radical (unpaired) electrons. The molecule has 7 fully saturated rings. The van der Waals surface area contributed by atoms with Gasteiger partial charge in [0.05, 0.1) is 17.6 Å². The first kappa shape index (κ1) is 22.8. The van der Waals surface area contributed by atoms with E-state index in [0.29, 0.717) is 5.56 Å². The van der Waals surface area contributed by atoms with Crippen LogP contribution in [0.15, 0.2) is 30.3 Å². The molecule has 1 aromatic carbocycles. The molecule has 4 aliphatic heterocycles. The lowest BCUT2D eigenvalue weighted by Gasteiger charge is -2.67. The molecule has 11 nitrogen and oxygen atoms in total. The molecule has 11 atom stereocenters. The van der Waals surface area contributed by atoms with Crippen LogP contribution in [0.4, 0.5) is 0 Å². The maximum absolute atomic E-state index is 12.3. The van der Waals surface area contributed by atoms with Crippen LogP contribution < -0.4 is 0 Å². The van der Waals surface area contributed by atoms with Crippen LogP contribution in [0.25, 0.3) is 0 Å². The zero-order chi connectivity index (χ0) is 24.1. The number of ether oxygens (including phenoxy) is 5. The molecule has 8 rings (SSSR count). The average molecular weight is 480 g/mol. The molecule has 34 heavy (non-hydrogen) atoms. The Bertz CT molecular complexity index is 990. The standard InChI is InChI=1S/C23H28O11/c1-20-9-22(29)13-7-23(20,21(13,10-24)19(33-20)34-22)32-18-16(27)15(26)14(25)12(31-18)8-30-17(28)11-5-3-2-4-6-11/h2-6,12-16,18-19,24-27,29H,7-10H2,1H3/t12-,13-,14-,15+,16-,18+,19-,20+,21+,22-,23+/m1/s1. The van der Waals surface area contributed by atoms with E-state index in [2.05, 4.69) is 0 Å². The van der Waals surface area contributed by atoms with Crippen molar-refractivity contribution in [3.63, 3.8) is 0 Å². The zero-order valence-electron chi connectivity index (χ0n) is 18.4. The minimum atomic E-state index is -1.64. The molecule has 5 N–H and O–H groups in total. The molecule has 1 aromatic rings. The maximum Gasteiger partial charge on any atom is 0.338 e. The second-order valence-electron chi connectivity index (χ2n) is 10.2. The molecule has 4 heterocycles. The predicted molar refractivity (Wildman–Crippen MR) is 109 cm³/mol. The highest BCUT2D eigenvalue weighted by Gasteiger charge is 2.94. The molecule has 3 aliphatic carbocycles. The van der Waals surface area contributed by atoms with E-state index in [1.807, 2.05) is 0 Å². The Labute approximate surface area is 194 Å². The first-order valence-corrected chi connectivity index (χ1v) is 11.4. The minimum absolute atomic E-state index is 0.106. The summed E-state index contributed by atoms with van der Waals surface area (Å²) >= 11 is 0. The van der Waals surface area contributed by atoms with Crippen molar-refractivity contribution >= 4 is 5.97 Å². The van der Waals surface area contributed by atoms with Crippen LogP contribution in [0.1, 0.15) is 30.1 Å².